The van der Waals surface area contributed by atoms with Crippen LogP contribution in [-0.2, 0) is 0 Å². The van der Waals surface area contributed by atoms with Crippen molar-refractivity contribution in [3.8, 4) is 0 Å². The summed E-state index contributed by atoms with van der Waals surface area (Å²) in [6, 6.07) is 4.23. The van der Waals surface area contributed by atoms with Gasteiger partial charge in [-0.3, -0.25) is 0 Å². The van der Waals surface area contributed by atoms with Crippen LogP contribution in [0.3, 0.4) is 0 Å². The second-order valence-corrected chi connectivity index (χ2v) is 8.91. The molecule has 1 aromatic carbocycles. The van der Waals surface area contributed by atoms with E-state index in [-0.39, 0.29) is 5.56 Å². The third-order valence-electron chi connectivity index (χ3n) is 6.82. The minimum atomic E-state index is -1.02. The number of unbranched alkanes of at least 4 members (excludes halogenated alkanes) is 2. The zero-order valence-electron chi connectivity index (χ0n) is 17.7. The largest absolute Gasteiger partial charge is 0.478 e. The molecule has 0 atom stereocenters. The van der Waals surface area contributed by atoms with Crippen LogP contribution in [0.2, 0.25) is 0 Å². The highest BCUT2D eigenvalue weighted by molar-refractivity contribution is 5.90. The van der Waals surface area contributed by atoms with E-state index in [1.165, 1.54) is 76.0 Å². The van der Waals surface area contributed by atoms with Gasteiger partial charge in [-0.15, -0.1) is 0 Å². The van der Waals surface area contributed by atoms with Crippen molar-refractivity contribution in [1.82, 2.24) is 0 Å². The van der Waals surface area contributed by atoms with Gasteiger partial charge in [0.15, 0.2) is 0 Å². The number of carboxylic acid groups (broad SMARTS) is 1. The molecular weight excluding hydrogens is 348 g/mol. The molecule has 2 aliphatic rings. The van der Waals surface area contributed by atoms with E-state index < -0.39 is 5.97 Å². The van der Waals surface area contributed by atoms with Gasteiger partial charge in [-0.2, -0.15) is 0 Å². The molecule has 3 rings (SSSR count). The first-order valence-corrected chi connectivity index (χ1v) is 11.4. The zero-order valence-corrected chi connectivity index (χ0v) is 17.7. The predicted octanol–water partition coefficient (Wildman–Crippen LogP) is 6.65. The monoisotopic (exact) mass is 388 g/mol. The minimum absolute atomic E-state index is 0.113. The summed E-state index contributed by atoms with van der Waals surface area (Å²) >= 11 is 0. The van der Waals surface area contributed by atoms with Gasteiger partial charge in [0, 0.05) is 11.4 Å². The zero-order chi connectivity index (χ0) is 20.4. The van der Waals surface area contributed by atoms with E-state index in [0.29, 0.717) is 11.4 Å². The lowest BCUT2D eigenvalue weighted by Crippen LogP contribution is -2.34. The fourth-order valence-corrected chi connectivity index (χ4v) is 5.36. The second kappa shape index (κ2) is 11.3. The SMILES string of the molecule is CCCCCC1(C2CCCCC2)CCCCC1.Nc1cc(N)cc(C(=O)O)c1. The number of rotatable bonds is 6. The molecule has 1 aromatic rings. The average molecular weight is 389 g/mol. The maximum Gasteiger partial charge on any atom is 0.335 e. The molecule has 0 heterocycles. The number of anilines is 2. The van der Waals surface area contributed by atoms with Gasteiger partial charge in [-0.05, 0) is 61.6 Å². The van der Waals surface area contributed by atoms with Gasteiger partial charge < -0.3 is 16.6 Å². The van der Waals surface area contributed by atoms with Crippen LogP contribution in [0.5, 0.6) is 0 Å². The summed E-state index contributed by atoms with van der Waals surface area (Å²) in [6.07, 6.45) is 21.3. The van der Waals surface area contributed by atoms with Crippen molar-refractivity contribution in [3.05, 3.63) is 23.8 Å². The Morgan fingerprint density at radius 2 is 1.54 bits per heavy atom. The van der Waals surface area contributed by atoms with Crippen LogP contribution in [0, 0.1) is 11.3 Å². The molecule has 4 nitrogen and oxygen atoms in total. The second-order valence-electron chi connectivity index (χ2n) is 8.91. The highest BCUT2D eigenvalue weighted by atomic mass is 16.4. The Morgan fingerprint density at radius 3 is 2.07 bits per heavy atom. The Kier molecular flexibility index (Phi) is 9.14. The van der Waals surface area contributed by atoms with Crippen LogP contribution in [-0.4, -0.2) is 11.1 Å². The Balaban J connectivity index is 0.000000221. The smallest absolute Gasteiger partial charge is 0.335 e. The van der Waals surface area contributed by atoms with Crippen LogP contribution in [0.4, 0.5) is 11.4 Å². The van der Waals surface area contributed by atoms with Crippen molar-refractivity contribution in [1.29, 1.82) is 0 Å². The molecule has 0 spiro atoms. The average Bonchev–Trinajstić information content (AvgIpc) is 2.69. The van der Waals surface area contributed by atoms with Crippen molar-refractivity contribution in [2.75, 3.05) is 11.5 Å². The van der Waals surface area contributed by atoms with Gasteiger partial charge in [0.05, 0.1) is 5.56 Å². The first kappa shape index (κ1) is 22.6. The molecule has 0 bridgehead atoms. The molecule has 0 aromatic heterocycles. The molecule has 4 heteroatoms. The molecule has 0 amide bonds. The van der Waals surface area contributed by atoms with Crippen LogP contribution in [0.1, 0.15) is 107 Å². The molecule has 2 fully saturated rings. The number of benzene rings is 1. The van der Waals surface area contributed by atoms with E-state index >= 15 is 0 Å². The van der Waals surface area contributed by atoms with E-state index in [1.807, 2.05) is 0 Å². The summed E-state index contributed by atoms with van der Waals surface area (Å²) in [4.78, 5) is 10.4. The number of nitrogens with two attached hydrogens (primary N) is 2. The van der Waals surface area contributed by atoms with Crippen LogP contribution < -0.4 is 11.5 Å². The first-order valence-electron chi connectivity index (χ1n) is 11.4. The Morgan fingerprint density at radius 1 is 0.964 bits per heavy atom. The van der Waals surface area contributed by atoms with Gasteiger partial charge in [-0.1, -0.05) is 64.7 Å². The quantitative estimate of drug-likeness (QED) is 0.376. The van der Waals surface area contributed by atoms with Crippen molar-refractivity contribution < 1.29 is 9.90 Å². The summed E-state index contributed by atoms with van der Waals surface area (Å²) in [7, 11) is 0. The van der Waals surface area contributed by atoms with Crippen LogP contribution in [0.15, 0.2) is 18.2 Å². The minimum Gasteiger partial charge on any atom is -0.478 e. The van der Waals surface area contributed by atoms with E-state index in [1.54, 1.807) is 32.1 Å². The summed E-state index contributed by atoms with van der Waals surface area (Å²) in [5.74, 6) is 0.0809. The molecule has 158 valence electrons. The third kappa shape index (κ3) is 6.72. The fourth-order valence-electron chi connectivity index (χ4n) is 5.36. The summed E-state index contributed by atoms with van der Waals surface area (Å²) in [5, 5.41) is 8.52. The number of aromatic carboxylic acids is 1. The van der Waals surface area contributed by atoms with Gasteiger partial charge in [0.25, 0.3) is 0 Å². The molecule has 0 unspecified atom stereocenters. The predicted molar refractivity (Wildman–Crippen MR) is 118 cm³/mol. The van der Waals surface area contributed by atoms with Crippen molar-refractivity contribution in [2.24, 2.45) is 11.3 Å². The van der Waals surface area contributed by atoms with Crippen molar-refractivity contribution >= 4 is 17.3 Å². The molecule has 2 saturated carbocycles. The molecule has 5 N–H and O–H groups in total. The maximum atomic E-state index is 10.4. The number of nitrogen functional groups attached to an aromatic ring is 2. The summed E-state index contributed by atoms with van der Waals surface area (Å²) < 4.78 is 0. The molecule has 28 heavy (non-hydrogen) atoms. The molecule has 0 saturated heterocycles. The van der Waals surface area contributed by atoms with E-state index in [2.05, 4.69) is 6.92 Å². The Hall–Kier alpha value is -1.71. The van der Waals surface area contributed by atoms with Gasteiger partial charge >= 0.3 is 5.97 Å². The third-order valence-corrected chi connectivity index (χ3v) is 6.82. The maximum absolute atomic E-state index is 10.4. The lowest BCUT2D eigenvalue weighted by atomic mass is 9.60. The number of carboxylic acids is 1. The highest BCUT2D eigenvalue weighted by Gasteiger charge is 2.39. The first-order chi connectivity index (χ1) is 13.5. The molecule has 2 aliphatic carbocycles. The highest BCUT2D eigenvalue weighted by Crippen LogP contribution is 2.51. The summed E-state index contributed by atoms with van der Waals surface area (Å²) in [5.41, 5.74) is 12.3. The van der Waals surface area contributed by atoms with E-state index in [0.717, 1.165) is 11.3 Å². The van der Waals surface area contributed by atoms with Gasteiger partial charge in [-0.25, -0.2) is 4.79 Å². The number of carbonyl (C=O) groups is 1. The number of hydrogen-bond acceptors (Lipinski definition) is 3. The van der Waals surface area contributed by atoms with Crippen molar-refractivity contribution in [2.45, 2.75) is 96.8 Å². The van der Waals surface area contributed by atoms with Gasteiger partial charge in [0.1, 0.15) is 0 Å². The summed E-state index contributed by atoms with van der Waals surface area (Å²) in [6.45, 7) is 2.34. The van der Waals surface area contributed by atoms with Crippen molar-refractivity contribution in [3.63, 3.8) is 0 Å². The topological polar surface area (TPSA) is 89.3 Å². The van der Waals surface area contributed by atoms with E-state index in [4.69, 9.17) is 16.6 Å². The van der Waals surface area contributed by atoms with E-state index in [9.17, 15) is 4.79 Å². The Bertz CT molecular complexity index is 582. The van der Waals surface area contributed by atoms with Gasteiger partial charge in [0.2, 0.25) is 0 Å². The van der Waals surface area contributed by atoms with Crippen LogP contribution in [0.25, 0.3) is 0 Å². The standard InChI is InChI=1S/C17H32.C7H8N2O2/c1-2-3-8-13-17(14-9-5-10-15-17)16-11-6-4-7-12-16;8-5-1-4(7(10)11)2-6(9)3-5/h16H,2-15H2,1H3;1-3H,8-9H2,(H,10,11). The fraction of sp³-hybridized carbons (Fsp3) is 0.708. The lowest BCUT2D eigenvalue weighted by Gasteiger charge is -2.46. The lowest BCUT2D eigenvalue weighted by molar-refractivity contribution is 0.0547. The Labute approximate surface area is 171 Å². The number of hydrogen-bond donors (Lipinski definition) is 3. The molecular formula is C24H40N2O2. The molecule has 0 radical (unpaired) electrons. The molecule has 0 aliphatic heterocycles. The normalized spacial score (nSPS) is 19.5. The van der Waals surface area contributed by atoms with Crippen LogP contribution >= 0.6 is 0 Å².